The SMILES string of the molecule is C#CCNC(=O)CN1CCN(c2ccnc(C(C)C)n2)CC1. The highest BCUT2D eigenvalue weighted by Gasteiger charge is 2.20. The summed E-state index contributed by atoms with van der Waals surface area (Å²) >= 11 is 0. The minimum absolute atomic E-state index is 0.0180. The first-order valence-electron chi connectivity index (χ1n) is 7.60. The van der Waals surface area contributed by atoms with Crippen LogP contribution in [-0.4, -0.2) is 60.0 Å². The number of aromatic nitrogens is 2. The van der Waals surface area contributed by atoms with Gasteiger partial charge in [-0.25, -0.2) is 9.97 Å². The Balaban J connectivity index is 1.86. The Kier molecular flexibility index (Phi) is 5.73. The van der Waals surface area contributed by atoms with E-state index in [1.807, 2.05) is 12.3 Å². The molecule has 0 aromatic carbocycles. The molecular formula is C16H23N5O. The van der Waals surface area contributed by atoms with E-state index in [9.17, 15) is 4.79 Å². The van der Waals surface area contributed by atoms with E-state index in [1.165, 1.54) is 0 Å². The Morgan fingerprint density at radius 3 is 2.77 bits per heavy atom. The average molecular weight is 301 g/mol. The Labute approximate surface area is 131 Å². The molecule has 1 N–H and O–H groups in total. The second kappa shape index (κ2) is 7.76. The first kappa shape index (κ1) is 16.2. The van der Waals surface area contributed by atoms with Crippen molar-refractivity contribution in [2.45, 2.75) is 19.8 Å². The van der Waals surface area contributed by atoms with Gasteiger partial charge in [-0.1, -0.05) is 19.8 Å². The zero-order valence-electron chi connectivity index (χ0n) is 13.2. The van der Waals surface area contributed by atoms with Gasteiger partial charge in [0, 0.05) is 38.3 Å². The molecule has 1 aliphatic rings. The molecule has 2 rings (SSSR count). The van der Waals surface area contributed by atoms with Gasteiger partial charge < -0.3 is 10.2 Å². The first-order chi connectivity index (χ1) is 10.6. The van der Waals surface area contributed by atoms with Gasteiger partial charge in [0.25, 0.3) is 0 Å². The number of nitrogens with zero attached hydrogens (tertiary/aromatic N) is 4. The Morgan fingerprint density at radius 2 is 2.14 bits per heavy atom. The lowest BCUT2D eigenvalue weighted by Gasteiger charge is -2.35. The molecule has 22 heavy (non-hydrogen) atoms. The van der Waals surface area contributed by atoms with Crippen LogP contribution in [0.2, 0.25) is 0 Å². The largest absolute Gasteiger partial charge is 0.354 e. The number of hydrogen-bond acceptors (Lipinski definition) is 5. The lowest BCUT2D eigenvalue weighted by Crippen LogP contribution is -2.49. The van der Waals surface area contributed by atoms with E-state index < -0.39 is 0 Å². The van der Waals surface area contributed by atoms with Crippen molar-refractivity contribution in [2.75, 3.05) is 44.2 Å². The normalized spacial score (nSPS) is 15.6. The van der Waals surface area contributed by atoms with Gasteiger partial charge in [-0.3, -0.25) is 9.69 Å². The zero-order valence-corrected chi connectivity index (χ0v) is 13.2. The zero-order chi connectivity index (χ0) is 15.9. The third-order valence-electron chi connectivity index (χ3n) is 3.63. The molecule has 1 saturated heterocycles. The van der Waals surface area contributed by atoms with Crippen molar-refractivity contribution in [3.05, 3.63) is 18.1 Å². The maximum atomic E-state index is 11.7. The lowest BCUT2D eigenvalue weighted by molar-refractivity contribution is -0.122. The van der Waals surface area contributed by atoms with Crippen molar-refractivity contribution >= 4 is 11.7 Å². The summed E-state index contributed by atoms with van der Waals surface area (Å²) in [4.78, 5) is 24.9. The second-order valence-corrected chi connectivity index (χ2v) is 5.67. The molecule has 0 aliphatic carbocycles. The molecule has 0 spiro atoms. The van der Waals surface area contributed by atoms with E-state index in [4.69, 9.17) is 6.42 Å². The molecule has 0 unspecified atom stereocenters. The number of carbonyl (C=O) groups excluding carboxylic acids is 1. The Morgan fingerprint density at radius 1 is 1.41 bits per heavy atom. The monoisotopic (exact) mass is 301 g/mol. The molecule has 1 aliphatic heterocycles. The van der Waals surface area contributed by atoms with E-state index in [0.717, 1.165) is 37.8 Å². The van der Waals surface area contributed by atoms with Gasteiger partial charge in [0.15, 0.2) is 0 Å². The summed E-state index contributed by atoms with van der Waals surface area (Å²) < 4.78 is 0. The fourth-order valence-electron chi connectivity index (χ4n) is 2.36. The minimum atomic E-state index is -0.0180. The van der Waals surface area contributed by atoms with Crippen LogP contribution in [0.4, 0.5) is 5.82 Å². The van der Waals surface area contributed by atoms with E-state index in [1.54, 1.807) is 0 Å². The highest BCUT2D eigenvalue weighted by atomic mass is 16.2. The fourth-order valence-corrected chi connectivity index (χ4v) is 2.36. The lowest BCUT2D eigenvalue weighted by atomic mass is 10.2. The van der Waals surface area contributed by atoms with E-state index >= 15 is 0 Å². The average Bonchev–Trinajstić information content (AvgIpc) is 2.53. The number of piperazine rings is 1. The highest BCUT2D eigenvalue weighted by Crippen LogP contribution is 2.16. The van der Waals surface area contributed by atoms with Crippen LogP contribution < -0.4 is 10.2 Å². The number of anilines is 1. The summed E-state index contributed by atoms with van der Waals surface area (Å²) in [5, 5.41) is 2.69. The van der Waals surface area contributed by atoms with Crippen molar-refractivity contribution < 1.29 is 4.79 Å². The summed E-state index contributed by atoms with van der Waals surface area (Å²) in [6, 6.07) is 1.95. The summed E-state index contributed by atoms with van der Waals surface area (Å²) in [5.74, 6) is 4.55. The Bertz CT molecular complexity index is 544. The standard InChI is InChI=1S/C16H23N5O/c1-4-6-17-15(22)12-20-8-10-21(11-9-20)14-5-7-18-16(19-14)13(2)3/h1,5,7,13H,6,8-12H2,2-3H3,(H,17,22). The van der Waals surface area contributed by atoms with Gasteiger partial charge in [0.05, 0.1) is 13.1 Å². The summed E-state index contributed by atoms with van der Waals surface area (Å²) in [7, 11) is 0. The predicted molar refractivity (Wildman–Crippen MR) is 86.6 cm³/mol. The van der Waals surface area contributed by atoms with Crippen LogP contribution in [0.1, 0.15) is 25.6 Å². The van der Waals surface area contributed by atoms with Gasteiger partial charge in [-0.05, 0) is 6.07 Å². The maximum Gasteiger partial charge on any atom is 0.234 e. The molecule has 1 aromatic heterocycles. The molecule has 0 saturated carbocycles. The Hall–Kier alpha value is -2.13. The van der Waals surface area contributed by atoms with Crippen molar-refractivity contribution in [2.24, 2.45) is 0 Å². The molecule has 118 valence electrons. The van der Waals surface area contributed by atoms with Crippen LogP contribution in [0.3, 0.4) is 0 Å². The molecule has 1 amide bonds. The molecule has 2 heterocycles. The van der Waals surface area contributed by atoms with Gasteiger partial charge in [-0.2, -0.15) is 0 Å². The van der Waals surface area contributed by atoms with Crippen LogP contribution in [0.15, 0.2) is 12.3 Å². The number of carbonyl (C=O) groups is 1. The number of hydrogen-bond donors (Lipinski definition) is 1. The smallest absolute Gasteiger partial charge is 0.234 e. The predicted octanol–water partition coefficient (Wildman–Crippen LogP) is 0.471. The quantitative estimate of drug-likeness (QED) is 0.801. The van der Waals surface area contributed by atoms with Crippen molar-refractivity contribution in [1.29, 1.82) is 0 Å². The van der Waals surface area contributed by atoms with Crippen LogP contribution >= 0.6 is 0 Å². The van der Waals surface area contributed by atoms with Crippen LogP contribution in [0, 0.1) is 12.3 Å². The van der Waals surface area contributed by atoms with Crippen LogP contribution in [0.25, 0.3) is 0 Å². The summed E-state index contributed by atoms with van der Waals surface area (Å²) in [6.07, 6.45) is 6.95. The topological polar surface area (TPSA) is 61.4 Å². The summed E-state index contributed by atoms with van der Waals surface area (Å²) in [6.45, 7) is 8.26. The molecule has 0 atom stereocenters. The molecule has 1 fully saturated rings. The number of amides is 1. The van der Waals surface area contributed by atoms with Crippen molar-refractivity contribution in [3.8, 4) is 12.3 Å². The molecule has 0 bridgehead atoms. The number of nitrogens with one attached hydrogen (secondary N) is 1. The van der Waals surface area contributed by atoms with E-state index in [2.05, 4.69) is 44.9 Å². The highest BCUT2D eigenvalue weighted by molar-refractivity contribution is 5.78. The van der Waals surface area contributed by atoms with Gasteiger partial charge >= 0.3 is 0 Å². The number of rotatable bonds is 5. The van der Waals surface area contributed by atoms with Gasteiger partial charge in [0.2, 0.25) is 5.91 Å². The molecule has 1 aromatic rings. The van der Waals surface area contributed by atoms with Crippen molar-refractivity contribution in [1.82, 2.24) is 20.2 Å². The second-order valence-electron chi connectivity index (χ2n) is 5.67. The van der Waals surface area contributed by atoms with E-state index in [-0.39, 0.29) is 12.5 Å². The van der Waals surface area contributed by atoms with Crippen molar-refractivity contribution in [3.63, 3.8) is 0 Å². The van der Waals surface area contributed by atoms with Crippen LogP contribution in [0.5, 0.6) is 0 Å². The third-order valence-corrected chi connectivity index (χ3v) is 3.63. The minimum Gasteiger partial charge on any atom is -0.354 e. The fraction of sp³-hybridized carbons (Fsp3) is 0.562. The van der Waals surface area contributed by atoms with Gasteiger partial charge in [0.1, 0.15) is 11.6 Å². The molecule has 0 radical (unpaired) electrons. The number of terminal acetylenes is 1. The maximum absolute atomic E-state index is 11.7. The molecule has 6 heteroatoms. The van der Waals surface area contributed by atoms with Crippen LogP contribution in [-0.2, 0) is 4.79 Å². The van der Waals surface area contributed by atoms with E-state index in [0.29, 0.717) is 12.5 Å². The van der Waals surface area contributed by atoms with Gasteiger partial charge in [-0.15, -0.1) is 6.42 Å². The molecule has 6 nitrogen and oxygen atoms in total. The third kappa shape index (κ3) is 4.43. The first-order valence-corrected chi connectivity index (χ1v) is 7.60. The summed E-state index contributed by atoms with van der Waals surface area (Å²) in [5.41, 5.74) is 0. The molecular weight excluding hydrogens is 278 g/mol.